The second kappa shape index (κ2) is 7.22. The highest BCUT2D eigenvalue weighted by Gasteiger charge is 2.22. The van der Waals surface area contributed by atoms with E-state index in [1.165, 1.54) is 5.56 Å². The summed E-state index contributed by atoms with van der Waals surface area (Å²) in [4.78, 5) is 14.3. The van der Waals surface area contributed by atoms with E-state index < -0.39 is 0 Å². The van der Waals surface area contributed by atoms with E-state index in [1.807, 2.05) is 17.9 Å². The predicted octanol–water partition coefficient (Wildman–Crippen LogP) is 3.80. The Bertz CT molecular complexity index is 743. The van der Waals surface area contributed by atoms with Gasteiger partial charge in [0.2, 0.25) is 5.91 Å². The number of nitrogens with zero attached hydrogens (tertiary/aromatic N) is 3. The van der Waals surface area contributed by atoms with Gasteiger partial charge in [-0.2, -0.15) is 5.10 Å². The third-order valence-electron chi connectivity index (χ3n) is 4.67. The van der Waals surface area contributed by atoms with E-state index in [0.29, 0.717) is 11.1 Å². The molecule has 0 atom stereocenters. The van der Waals surface area contributed by atoms with Crippen LogP contribution in [0.5, 0.6) is 0 Å². The molecule has 1 aromatic carbocycles. The monoisotopic (exact) mass is 343 g/mol. The molecular weight excluding hydrogens is 322 g/mol. The second-order valence-corrected chi connectivity index (χ2v) is 6.62. The van der Waals surface area contributed by atoms with Crippen LogP contribution in [0.1, 0.15) is 35.6 Å². The molecule has 1 fully saturated rings. The number of likely N-dealkylation sites (tertiary alicyclic amines) is 1. The first kappa shape index (κ1) is 16.8. The minimum Gasteiger partial charge on any atom is -0.339 e. The highest BCUT2D eigenvalue weighted by Crippen LogP contribution is 2.28. The summed E-state index contributed by atoms with van der Waals surface area (Å²) in [5.74, 6) is 0.593. The van der Waals surface area contributed by atoms with Gasteiger partial charge in [0, 0.05) is 31.8 Å². The third-order valence-corrected chi connectivity index (χ3v) is 5.11. The standard InChI is InChI=1S/C19H22ClN3O/c1-14-17(19(20)22(2)21-14)8-9-18(24)23-12-10-16(11-13-23)15-6-4-3-5-7-15/h3-9,16H,10-13H2,1-2H3/b9-8+. The van der Waals surface area contributed by atoms with Gasteiger partial charge in [-0.3, -0.25) is 9.48 Å². The lowest BCUT2D eigenvalue weighted by Gasteiger charge is -2.31. The number of carbonyl (C=O) groups excluding carboxylic acids is 1. The molecule has 24 heavy (non-hydrogen) atoms. The van der Waals surface area contributed by atoms with Crippen LogP contribution in [0.4, 0.5) is 0 Å². The number of piperidine rings is 1. The van der Waals surface area contributed by atoms with Crippen molar-refractivity contribution in [3.05, 3.63) is 58.4 Å². The van der Waals surface area contributed by atoms with E-state index in [-0.39, 0.29) is 5.91 Å². The van der Waals surface area contributed by atoms with Crippen LogP contribution in [-0.2, 0) is 11.8 Å². The Hall–Kier alpha value is -2.07. The maximum Gasteiger partial charge on any atom is 0.246 e. The number of halogens is 1. The van der Waals surface area contributed by atoms with E-state index in [0.717, 1.165) is 37.2 Å². The summed E-state index contributed by atoms with van der Waals surface area (Å²) in [7, 11) is 1.79. The number of aromatic nitrogens is 2. The summed E-state index contributed by atoms with van der Waals surface area (Å²) in [6.07, 6.45) is 5.40. The van der Waals surface area contributed by atoms with Gasteiger partial charge in [-0.25, -0.2) is 0 Å². The topological polar surface area (TPSA) is 38.1 Å². The van der Waals surface area contributed by atoms with Crippen molar-refractivity contribution in [3.8, 4) is 0 Å². The van der Waals surface area contributed by atoms with E-state index in [1.54, 1.807) is 23.9 Å². The smallest absolute Gasteiger partial charge is 0.246 e. The van der Waals surface area contributed by atoms with Crippen molar-refractivity contribution in [1.29, 1.82) is 0 Å². The molecule has 5 heteroatoms. The molecule has 0 aliphatic carbocycles. The first-order valence-electron chi connectivity index (χ1n) is 8.27. The van der Waals surface area contributed by atoms with Gasteiger partial charge < -0.3 is 4.90 Å². The van der Waals surface area contributed by atoms with E-state index in [2.05, 4.69) is 29.4 Å². The van der Waals surface area contributed by atoms with E-state index >= 15 is 0 Å². The lowest BCUT2D eigenvalue weighted by Crippen LogP contribution is -2.36. The Morgan fingerprint density at radius 1 is 1.25 bits per heavy atom. The van der Waals surface area contributed by atoms with Gasteiger partial charge in [-0.05, 0) is 37.3 Å². The minimum absolute atomic E-state index is 0.0424. The van der Waals surface area contributed by atoms with E-state index in [9.17, 15) is 4.79 Å². The number of amides is 1. The fourth-order valence-corrected chi connectivity index (χ4v) is 3.49. The summed E-state index contributed by atoms with van der Waals surface area (Å²) in [5, 5.41) is 4.81. The SMILES string of the molecule is Cc1nn(C)c(Cl)c1/C=C/C(=O)N1CCC(c2ccccc2)CC1. The van der Waals surface area contributed by atoms with Crippen molar-refractivity contribution < 1.29 is 4.79 Å². The quantitative estimate of drug-likeness (QED) is 0.795. The summed E-state index contributed by atoms with van der Waals surface area (Å²) in [6, 6.07) is 10.5. The third kappa shape index (κ3) is 3.54. The van der Waals surface area contributed by atoms with Crippen molar-refractivity contribution in [3.63, 3.8) is 0 Å². The number of hydrogen-bond donors (Lipinski definition) is 0. The zero-order valence-corrected chi connectivity index (χ0v) is 14.8. The fourth-order valence-electron chi connectivity index (χ4n) is 3.25. The first-order chi connectivity index (χ1) is 11.6. The van der Waals surface area contributed by atoms with Crippen LogP contribution in [0.2, 0.25) is 5.15 Å². The lowest BCUT2D eigenvalue weighted by atomic mass is 9.89. The number of benzene rings is 1. The van der Waals surface area contributed by atoms with Gasteiger partial charge in [0.25, 0.3) is 0 Å². The molecule has 1 aliphatic rings. The van der Waals surface area contributed by atoms with Crippen LogP contribution in [0.3, 0.4) is 0 Å². The average molecular weight is 344 g/mol. The van der Waals surface area contributed by atoms with Crippen LogP contribution in [0.15, 0.2) is 36.4 Å². The number of rotatable bonds is 3. The zero-order chi connectivity index (χ0) is 17.1. The summed E-state index contributed by atoms with van der Waals surface area (Å²) in [5.41, 5.74) is 3.01. The number of hydrogen-bond acceptors (Lipinski definition) is 2. The van der Waals surface area contributed by atoms with E-state index in [4.69, 9.17) is 11.6 Å². The molecule has 3 rings (SSSR count). The lowest BCUT2D eigenvalue weighted by molar-refractivity contribution is -0.126. The molecule has 0 saturated carbocycles. The molecule has 0 radical (unpaired) electrons. The van der Waals surface area contributed by atoms with Crippen LogP contribution in [0.25, 0.3) is 6.08 Å². The van der Waals surface area contributed by atoms with Gasteiger partial charge >= 0.3 is 0 Å². The van der Waals surface area contributed by atoms with Crippen molar-refractivity contribution in [1.82, 2.24) is 14.7 Å². The number of aryl methyl sites for hydroxylation is 2. The zero-order valence-electron chi connectivity index (χ0n) is 14.1. The molecule has 4 nitrogen and oxygen atoms in total. The fraction of sp³-hybridized carbons (Fsp3) is 0.368. The Morgan fingerprint density at radius 2 is 1.92 bits per heavy atom. The largest absolute Gasteiger partial charge is 0.339 e. The molecular formula is C19H22ClN3O. The second-order valence-electron chi connectivity index (χ2n) is 6.26. The summed E-state index contributed by atoms with van der Waals surface area (Å²) >= 11 is 6.19. The highest BCUT2D eigenvalue weighted by atomic mass is 35.5. The molecule has 1 saturated heterocycles. The van der Waals surface area contributed by atoms with Crippen molar-refractivity contribution in [2.45, 2.75) is 25.7 Å². The average Bonchev–Trinajstić information content (AvgIpc) is 2.86. The molecule has 1 aliphatic heterocycles. The summed E-state index contributed by atoms with van der Waals surface area (Å²) < 4.78 is 1.62. The molecule has 0 bridgehead atoms. The minimum atomic E-state index is 0.0424. The van der Waals surface area contributed by atoms with Gasteiger partial charge in [0.15, 0.2) is 0 Å². The molecule has 0 unspecified atom stereocenters. The van der Waals surface area contributed by atoms with Gasteiger partial charge in [-0.15, -0.1) is 0 Å². The molecule has 1 aromatic heterocycles. The van der Waals surface area contributed by atoms with Crippen molar-refractivity contribution in [2.75, 3.05) is 13.1 Å². The highest BCUT2D eigenvalue weighted by molar-refractivity contribution is 6.31. The number of carbonyl (C=O) groups is 1. The summed E-state index contributed by atoms with van der Waals surface area (Å²) in [6.45, 7) is 3.48. The van der Waals surface area contributed by atoms with Crippen LogP contribution < -0.4 is 0 Å². The molecule has 1 amide bonds. The first-order valence-corrected chi connectivity index (χ1v) is 8.65. The van der Waals surface area contributed by atoms with Gasteiger partial charge in [0.05, 0.1) is 5.69 Å². The maximum absolute atomic E-state index is 12.4. The van der Waals surface area contributed by atoms with Gasteiger partial charge in [0.1, 0.15) is 5.15 Å². The molecule has 2 aromatic rings. The molecule has 0 spiro atoms. The van der Waals surface area contributed by atoms with Crippen LogP contribution in [0, 0.1) is 6.92 Å². The van der Waals surface area contributed by atoms with Crippen molar-refractivity contribution in [2.24, 2.45) is 7.05 Å². The van der Waals surface area contributed by atoms with Crippen LogP contribution >= 0.6 is 11.6 Å². The Labute approximate surface area is 147 Å². The predicted molar refractivity (Wildman–Crippen MR) is 97.0 cm³/mol. The Morgan fingerprint density at radius 3 is 2.50 bits per heavy atom. The van der Waals surface area contributed by atoms with Gasteiger partial charge in [-0.1, -0.05) is 41.9 Å². The molecule has 0 N–H and O–H groups in total. The maximum atomic E-state index is 12.4. The Balaban J connectivity index is 1.60. The normalized spacial score (nSPS) is 16.0. The Kier molecular flexibility index (Phi) is 5.05. The molecule has 126 valence electrons. The van der Waals surface area contributed by atoms with Crippen molar-refractivity contribution >= 4 is 23.6 Å². The van der Waals surface area contributed by atoms with Crippen LogP contribution in [-0.4, -0.2) is 33.7 Å². The molecule has 2 heterocycles.